The van der Waals surface area contributed by atoms with E-state index in [-0.39, 0.29) is 6.42 Å². The number of ether oxygens (including phenoxy) is 1. The summed E-state index contributed by atoms with van der Waals surface area (Å²) in [6, 6.07) is 0. The summed E-state index contributed by atoms with van der Waals surface area (Å²) in [7, 11) is 5.77. The maximum absolute atomic E-state index is 9.37. The van der Waals surface area contributed by atoms with E-state index < -0.39 is 5.97 Å². The highest BCUT2D eigenvalue weighted by Crippen LogP contribution is 1.71. The van der Waals surface area contributed by atoms with Crippen molar-refractivity contribution < 1.29 is 14.6 Å². The van der Waals surface area contributed by atoms with E-state index in [9.17, 15) is 4.79 Å². The predicted molar refractivity (Wildman–Crippen MR) is 59.7 cm³/mol. The number of aliphatic carboxylic acids is 1. The fraction of sp³-hybridized carbons (Fsp3) is 0.900. The molecule has 0 spiro atoms. The Morgan fingerprint density at radius 3 is 1.79 bits per heavy atom. The zero-order chi connectivity index (χ0) is 12.0. The molecular weight excluding hydrogens is 182 g/mol. The number of likely N-dealkylation sites (N-methyl/N-ethyl adjacent to an activating group) is 1. The number of hydrogen-bond donors (Lipinski definition) is 1. The van der Waals surface area contributed by atoms with Crippen LogP contribution in [0.4, 0.5) is 0 Å². The maximum atomic E-state index is 9.37. The molecule has 0 saturated heterocycles. The average Bonchev–Trinajstić information content (AvgIpc) is 2.18. The van der Waals surface area contributed by atoms with Gasteiger partial charge in [-0.15, -0.1) is 0 Å². The third-order valence-corrected chi connectivity index (χ3v) is 1.05. The molecular formula is C10H25NO3. The number of hydrogen-bond acceptors (Lipinski definition) is 3. The summed E-state index contributed by atoms with van der Waals surface area (Å²) >= 11 is 0. The molecule has 0 rings (SSSR count). The van der Waals surface area contributed by atoms with Crippen LogP contribution >= 0.6 is 0 Å². The molecule has 4 nitrogen and oxygen atoms in total. The first-order chi connectivity index (χ1) is 6.54. The summed E-state index contributed by atoms with van der Waals surface area (Å²) in [5.41, 5.74) is 0. The number of rotatable bonds is 4. The number of carboxylic acids is 1. The number of nitrogens with zero attached hydrogens (tertiary/aromatic N) is 1. The van der Waals surface area contributed by atoms with Crippen LogP contribution in [0.3, 0.4) is 0 Å². The summed E-state index contributed by atoms with van der Waals surface area (Å²) in [5.74, 6) is -0.745. The van der Waals surface area contributed by atoms with Gasteiger partial charge in [0, 0.05) is 20.1 Å². The largest absolute Gasteiger partial charge is 0.481 e. The van der Waals surface area contributed by atoms with E-state index in [1.807, 2.05) is 27.9 Å². The third-order valence-electron chi connectivity index (χ3n) is 1.05. The van der Waals surface area contributed by atoms with Gasteiger partial charge in [0.15, 0.2) is 0 Å². The van der Waals surface area contributed by atoms with E-state index in [2.05, 4.69) is 4.90 Å². The van der Waals surface area contributed by atoms with Crippen LogP contribution in [0.5, 0.6) is 0 Å². The van der Waals surface area contributed by atoms with E-state index in [0.29, 0.717) is 0 Å². The Morgan fingerprint density at radius 2 is 1.71 bits per heavy atom. The van der Waals surface area contributed by atoms with Crippen molar-refractivity contribution in [1.82, 2.24) is 4.90 Å². The normalized spacial score (nSPS) is 8.21. The lowest BCUT2D eigenvalue weighted by Crippen LogP contribution is -2.16. The lowest BCUT2D eigenvalue weighted by atomic mass is 10.5. The van der Waals surface area contributed by atoms with E-state index in [0.717, 1.165) is 13.2 Å². The quantitative estimate of drug-likeness (QED) is 0.762. The average molecular weight is 207 g/mol. The number of carboxylic acid groups (broad SMARTS) is 1. The Morgan fingerprint density at radius 1 is 1.36 bits per heavy atom. The minimum absolute atomic E-state index is 0.222. The highest BCUT2D eigenvalue weighted by atomic mass is 16.5. The Hall–Kier alpha value is -0.610. The standard InChI is InChI=1S/C5H13NO.C3H6O2.C2H6/c1-6(2)4-5-7-3;1-2-3(4)5;1-2/h4-5H2,1-3H3;2H2,1H3,(H,4,5);1-2H3. The first kappa shape index (κ1) is 19.0. The zero-order valence-corrected chi connectivity index (χ0v) is 10.3. The summed E-state index contributed by atoms with van der Waals surface area (Å²) in [6.45, 7) is 7.44. The summed E-state index contributed by atoms with van der Waals surface area (Å²) in [4.78, 5) is 11.5. The van der Waals surface area contributed by atoms with Gasteiger partial charge in [0.1, 0.15) is 0 Å². The fourth-order valence-corrected chi connectivity index (χ4v) is 0.274. The minimum atomic E-state index is -0.745. The smallest absolute Gasteiger partial charge is 0.303 e. The van der Waals surface area contributed by atoms with Crippen LogP contribution in [-0.2, 0) is 9.53 Å². The van der Waals surface area contributed by atoms with Crippen LogP contribution in [0.2, 0.25) is 0 Å². The monoisotopic (exact) mass is 207 g/mol. The molecule has 0 amide bonds. The van der Waals surface area contributed by atoms with Crippen molar-refractivity contribution in [3.63, 3.8) is 0 Å². The van der Waals surface area contributed by atoms with Gasteiger partial charge in [0.25, 0.3) is 0 Å². The molecule has 0 aliphatic rings. The lowest BCUT2D eigenvalue weighted by Gasteiger charge is -2.06. The van der Waals surface area contributed by atoms with Gasteiger partial charge in [-0.3, -0.25) is 4.79 Å². The van der Waals surface area contributed by atoms with Gasteiger partial charge >= 0.3 is 5.97 Å². The van der Waals surface area contributed by atoms with Gasteiger partial charge in [-0.1, -0.05) is 20.8 Å². The second-order valence-electron chi connectivity index (χ2n) is 2.54. The first-order valence-corrected chi connectivity index (χ1v) is 4.90. The van der Waals surface area contributed by atoms with Gasteiger partial charge in [0.05, 0.1) is 6.61 Å². The van der Waals surface area contributed by atoms with Crippen molar-refractivity contribution in [2.24, 2.45) is 0 Å². The molecule has 0 bridgehead atoms. The summed E-state index contributed by atoms with van der Waals surface area (Å²) in [5, 5.41) is 7.72. The fourth-order valence-electron chi connectivity index (χ4n) is 0.274. The molecule has 88 valence electrons. The van der Waals surface area contributed by atoms with Crippen LogP contribution < -0.4 is 0 Å². The molecule has 0 fully saturated rings. The Kier molecular flexibility index (Phi) is 24.8. The van der Waals surface area contributed by atoms with E-state index >= 15 is 0 Å². The Bertz CT molecular complexity index is 106. The second-order valence-corrected chi connectivity index (χ2v) is 2.54. The Labute approximate surface area is 87.9 Å². The van der Waals surface area contributed by atoms with E-state index in [1.54, 1.807) is 14.0 Å². The molecule has 0 aromatic carbocycles. The van der Waals surface area contributed by atoms with Crippen molar-refractivity contribution in [2.75, 3.05) is 34.4 Å². The van der Waals surface area contributed by atoms with Crippen LogP contribution in [0.15, 0.2) is 0 Å². The minimum Gasteiger partial charge on any atom is -0.481 e. The summed E-state index contributed by atoms with van der Waals surface area (Å²) in [6.07, 6.45) is 0.222. The molecule has 0 heterocycles. The number of methoxy groups -OCH3 is 1. The van der Waals surface area contributed by atoms with Gasteiger partial charge in [-0.25, -0.2) is 0 Å². The van der Waals surface area contributed by atoms with E-state index in [1.165, 1.54) is 0 Å². The molecule has 0 aliphatic heterocycles. The lowest BCUT2D eigenvalue weighted by molar-refractivity contribution is -0.136. The van der Waals surface area contributed by atoms with Crippen molar-refractivity contribution in [2.45, 2.75) is 27.2 Å². The van der Waals surface area contributed by atoms with Crippen LogP contribution in [0.25, 0.3) is 0 Å². The first-order valence-electron chi connectivity index (χ1n) is 4.90. The highest BCUT2D eigenvalue weighted by molar-refractivity contribution is 5.66. The van der Waals surface area contributed by atoms with Crippen LogP contribution in [-0.4, -0.2) is 50.3 Å². The molecule has 1 N–H and O–H groups in total. The zero-order valence-electron chi connectivity index (χ0n) is 10.3. The van der Waals surface area contributed by atoms with Crippen LogP contribution in [0.1, 0.15) is 27.2 Å². The van der Waals surface area contributed by atoms with E-state index in [4.69, 9.17) is 9.84 Å². The van der Waals surface area contributed by atoms with Gasteiger partial charge < -0.3 is 14.7 Å². The third kappa shape index (κ3) is 42.3. The molecule has 4 heteroatoms. The molecule has 0 radical (unpaired) electrons. The molecule has 14 heavy (non-hydrogen) atoms. The van der Waals surface area contributed by atoms with Gasteiger partial charge in [0.2, 0.25) is 0 Å². The van der Waals surface area contributed by atoms with Crippen LogP contribution in [0, 0.1) is 0 Å². The SMILES string of the molecule is CC.CCC(=O)O.COCCN(C)C. The topological polar surface area (TPSA) is 49.8 Å². The van der Waals surface area contributed by atoms with Crippen molar-refractivity contribution in [1.29, 1.82) is 0 Å². The molecule has 0 aromatic rings. The van der Waals surface area contributed by atoms with Gasteiger partial charge in [-0.05, 0) is 14.1 Å². The number of carbonyl (C=O) groups is 1. The van der Waals surface area contributed by atoms with Crippen molar-refractivity contribution in [3.05, 3.63) is 0 Å². The second kappa shape index (κ2) is 18.2. The molecule has 0 aromatic heterocycles. The van der Waals surface area contributed by atoms with Gasteiger partial charge in [-0.2, -0.15) is 0 Å². The molecule has 0 atom stereocenters. The van der Waals surface area contributed by atoms with Crippen molar-refractivity contribution >= 4 is 5.97 Å². The predicted octanol–water partition coefficient (Wildman–Crippen LogP) is 1.70. The van der Waals surface area contributed by atoms with Crippen molar-refractivity contribution in [3.8, 4) is 0 Å². The highest BCUT2D eigenvalue weighted by Gasteiger charge is 1.83. The molecule has 0 unspecified atom stereocenters. The summed E-state index contributed by atoms with van der Waals surface area (Å²) < 4.78 is 4.81. The molecule has 0 aliphatic carbocycles. The Balaban J connectivity index is -0.000000152. The molecule has 0 saturated carbocycles. The maximum Gasteiger partial charge on any atom is 0.303 e.